The van der Waals surface area contributed by atoms with E-state index in [1.165, 1.54) is 24.8 Å². The molecule has 1 atom stereocenters. The van der Waals surface area contributed by atoms with Gasteiger partial charge in [-0.15, -0.1) is 0 Å². The van der Waals surface area contributed by atoms with E-state index in [4.69, 9.17) is 16.3 Å². The third-order valence-electron chi connectivity index (χ3n) is 3.94. The Hall–Kier alpha value is -0.570. The first kappa shape index (κ1) is 14.8. The Morgan fingerprint density at radius 1 is 1.26 bits per heavy atom. The van der Waals surface area contributed by atoms with Crippen LogP contribution in [0.3, 0.4) is 0 Å². The fourth-order valence-electron chi connectivity index (χ4n) is 2.78. The van der Waals surface area contributed by atoms with E-state index < -0.39 is 0 Å². The Morgan fingerprint density at radius 3 is 2.58 bits per heavy atom. The topological polar surface area (TPSA) is 21.3 Å². The second-order valence-electron chi connectivity index (χ2n) is 5.35. The summed E-state index contributed by atoms with van der Waals surface area (Å²) in [5, 5.41) is 4.30. The summed E-state index contributed by atoms with van der Waals surface area (Å²) in [7, 11) is 0. The van der Waals surface area contributed by atoms with E-state index in [-0.39, 0.29) is 0 Å². The Labute approximate surface area is 121 Å². The van der Waals surface area contributed by atoms with Crippen molar-refractivity contribution < 1.29 is 4.74 Å². The monoisotopic (exact) mass is 281 g/mol. The zero-order valence-corrected chi connectivity index (χ0v) is 12.5. The zero-order valence-electron chi connectivity index (χ0n) is 11.7. The fourth-order valence-corrected chi connectivity index (χ4v) is 2.90. The summed E-state index contributed by atoms with van der Waals surface area (Å²) < 4.78 is 5.45. The number of hydrogen-bond donors (Lipinski definition) is 1. The predicted octanol–water partition coefficient (Wildman–Crippen LogP) is 3.85. The van der Waals surface area contributed by atoms with Crippen molar-refractivity contribution in [2.45, 2.75) is 32.1 Å². The van der Waals surface area contributed by atoms with Crippen LogP contribution in [0, 0.1) is 5.92 Å². The Bertz CT molecular complexity index is 360. The van der Waals surface area contributed by atoms with E-state index in [0.717, 1.165) is 37.2 Å². The summed E-state index contributed by atoms with van der Waals surface area (Å²) in [5.41, 5.74) is 1.40. The van der Waals surface area contributed by atoms with Crippen molar-refractivity contribution in [3.05, 3.63) is 34.9 Å². The summed E-state index contributed by atoms with van der Waals surface area (Å²) in [4.78, 5) is 0. The quantitative estimate of drug-likeness (QED) is 0.855. The van der Waals surface area contributed by atoms with Gasteiger partial charge in [0.15, 0.2) is 0 Å². The fraction of sp³-hybridized carbons (Fsp3) is 0.625. The van der Waals surface area contributed by atoms with Crippen molar-refractivity contribution in [1.29, 1.82) is 0 Å². The summed E-state index contributed by atoms with van der Waals surface area (Å²) in [6.07, 6.45) is 3.66. The summed E-state index contributed by atoms with van der Waals surface area (Å²) >= 11 is 5.98. The van der Waals surface area contributed by atoms with Gasteiger partial charge in [0.25, 0.3) is 0 Å². The molecule has 0 aliphatic carbocycles. The third kappa shape index (κ3) is 4.79. The van der Waals surface area contributed by atoms with Crippen LogP contribution in [0.15, 0.2) is 24.3 Å². The first-order valence-corrected chi connectivity index (χ1v) is 7.71. The van der Waals surface area contributed by atoms with Crippen molar-refractivity contribution in [2.24, 2.45) is 5.92 Å². The first-order valence-electron chi connectivity index (χ1n) is 7.33. The molecule has 0 spiro atoms. The summed E-state index contributed by atoms with van der Waals surface area (Å²) in [6, 6.07) is 8.34. The van der Waals surface area contributed by atoms with Gasteiger partial charge in [0, 0.05) is 24.8 Å². The number of hydrogen-bond acceptors (Lipinski definition) is 2. The molecule has 1 aromatic rings. The molecule has 1 unspecified atom stereocenters. The third-order valence-corrected chi connectivity index (χ3v) is 4.19. The Kier molecular flexibility index (Phi) is 6.15. The molecule has 3 heteroatoms. The van der Waals surface area contributed by atoms with Crippen LogP contribution in [-0.2, 0) is 4.74 Å². The predicted molar refractivity (Wildman–Crippen MR) is 80.9 cm³/mol. The molecule has 1 N–H and O–H groups in total. The number of benzene rings is 1. The van der Waals surface area contributed by atoms with Crippen molar-refractivity contribution in [3.63, 3.8) is 0 Å². The molecule has 1 heterocycles. The molecule has 0 amide bonds. The molecule has 106 valence electrons. The highest BCUT2D eigenvalue weighted by atomic mass is 35.5. The highest BCUT2D eigenvalue weighted by Crippen LogP contribution is 2.29. The maximum atomic E-state index is 5.98. The lowest BCUT2D eigenvalue weighted by molar-refractivity contribution is 0.0616. The van der Waals surface area contributed by atoms with Crippen molar-refractivity contribution in [1.82, 2.24) is 5.32 Å². The van der Waals surface area contributed by atoms with Gasteiger partial charge in [0.05, 0.1) is 0 Å². The van der Waals surface area contributed by atoms with Crippen LogP contribution in [-0.4, -0.2) is 26.3 Å². The molecule has 1 aliphatic rings. The molecule has 1 aromatic carbocycles. The van der Waals surface area contributed by atoms with Gasteiger partial charge in [-0.1, -0.05) is 30.7 Å². The normalized spacial score (nSPS) is 18.4. The van der Waals surface area contributed by atoms with E-state index in [2.05, 4.69) is 24.4 Å². The number of nitrogens with one attached hydrogen (secondary N) is 1. The van der Waals surface area contributed by atoms with Crippen LogP contribution >= 0.6 is 11.6 Å². The van der Waals surface area contributed by atoms with E-state index in [1.54, 1.807) is 0 Å². The molecule has 0 aromatic heterocycles. The molecule has 0 saturated carbocycles. The smallest absolute Gasteiger partial charge is 0.0468 e. The van der Waals surface area contributed by atoms with Gasteiger partial charge in [-0.05, 0) is 55.3 Å². The molecule has 19 heavy (non-hydrogen) atoms. The maximum Gasteiger partial charge on any atom is 0.0468 e. The molecule has 1 aliphatic heterocycles. The molecule has 0 radical (unpaired) electrons. The van der Waals surface area contributed by atoms with Gasteiger partial charge in [-0.2, -0.15) is 0 Å². The Morgan fingerprint density at radius 2 is 1.95 bits per heavy atom. The van der Waals surface area contributed by atoms with Crippen LogP contribution < -0.4 is 5.32 Å². The van der Waals surface area contributed by atoms with Crippen LogP contribution in [0.4, 0.5) is 0 Å². The lowest BCUT2D eigenvalue weighted by atomic mass is 9.85. The Balaban J connectivity index is 1.99. The van der Waals surface area contributed by atoms with Crippen molar-refractivity contribution in [3.8, 4) is 0 Å². The maximum absolute atomic E-state index is 5.98. The molecular formula is C16H24ClNO. The summed E-state index contributed by atoms with van der Waals surface area (Å²) in [6.45, 7) is 6.10. The zero-order chi connectivity index (χ0) is 13.5. The first-order chi connectivity index (χ1) is 9.29. The molecule has 1 saturated heterocycles. The van der Waals surface area contributed by atoms with Gasteiger partial charge in [0.1, 0.15) is 0 Å². The van der Waals surface area contributed by atoms with E-state index in [1.807, 2.05) is 12.1 Å². The average molecular weight is 282 g/mol. The van der Waals surface area contributed by atoms with E-state index >= 15 is 0 Å². The molecule has 0 bridgehead atoms. The van der Waals surface area contributed by atoms with E-state index in [0.29, 0.717) is 5.92 Å². The second kappa shape index (κ2) is 7.88. The minimum atomic E-state index is 0.584. The van der Waals surface area contributed by atoms with E-state index in [9.17, 15) is 0 Å². The summed E-state index contributed by atoms with van der Waals surface area (Å²) in [5.74, 6) is 1.38. The van der Waals surface area contributed by atoms with Gasteiger partial charge < -0.3 is 10.1 Å². The van der Waals surface area contributed by atoms with Gasteiger partial charge >= 0.3 is 0 Å². The van der Waals surface area contributed by atoms with Gasteiger partial charge in [0.2, 0.25) is 0 Å². The number of rotatable bonds is 6. The van der Waals surface area contributed by atoms with Gasteiger partial charge in [-0.3, -0.25) is 0 Å². The standard InChI is InChI=1S/C16H24ClNO/c1-2-18-12-15(11-13-7-9-19-10-8-13)14-3-5-16(17)6-4-14/h3-6,13,15,18H,2,7-12H2,1H3. The van der Waals surface area contributed by atoms with Crippen LogP contribution in [0.5, 0.6) is 0 Å². The minimum Gasteiger partial charge on any atom is -0.381 e. The number of likely N-dealkylation sites (N-methyl/N-ethyl adjacent to an activating group) is 1. The molecule has 1 fully saturated rings. The van der Waals surface area contributed by atoms with Gasteiger partial charge in [-0.25, -0.2) is 0 Å². The minimum absolute atomic E-state index is 0.584. The molecule has 2 rings (SSSR count). The number of ether oxygens (including phenoxy) is 1. The SMILES string of the molecule is CCNCC(CC1CCOCC1)c1ccc(Cl)cc1. The van der Waals surface area contributed by atoms with Crippen LogP contribution in [0.2, 0.25) is 5.02 Å². The largest absolute Gasteiger partial charge is 0.381 e. The van der Waals surface area contributed by atoms with Crippen LogP contribution in [0.1, 0.15) is 37.7 Å². The lowest BCUT2D eigenvalue weighted by Gasteiger charge is -2.27. The van der Waals surface area contributed by atoms with Crippen LogP contribution in [0.25, 0.3) is 0 Å². The van der Waals surface area contributed by atoms with Crippen molar-refractivity contribution in [2.75, 3.05) is 26.3 Å². The number of halogens is 1. The van der Waals surface area contributed by atoms with Crippen molar-refractivity contribution >= 4 is 11.6 Å². The highest BCUT2D eigenvalue weighted by Gasteiger charge is 2.20. The second-order valence-corrected chi connectivity index (χ2v) is 5.78. The molecular weight excluding hydrogens is 258 g/mol. The lowest BCUT2D eigenvalue weighted by Crippen LogP contribution is -2.25. The average Bonchev–Trinajstić information content (AvgIpc) is 2.45. The molecule has 2 nitrogen and oxygen atoms in total. The highest BCUT2D eigenvalue weighted by molar-refractivity contribution is 6.30.